The number of unbranched alkanes of at least 4 members (excludes halogenated alkanes) is 30. The number of hydrogen-bond donors (Lipinski definition) is 0. The second-order valence-electron chi connectivity index (χ2n) is 13.8. The van der Waals surface area contributed by atoms with Crippen LogP contribution < -0.4 is 0 Å². The summed E-state index contributed by atoms with van der Waals surface area (Å²) in [4.78, 5) is 6.77. The molecule has 0 aliphatic carbocycles. The van der Waals surface area contributed by atoms with Gasteiger partial charge in [-0.3, -0.25) is 4.90 Å². The minimum Gasteiger partial charge on any atom is -0.284 e. The molecule has 1 rings (SSSR count). The van der Waals surface area contributed by atoms with E-state index in [2.05, 4.69) is 28.8 Å². The van der Waals surface area contributed by atoms with Crippen molar-refractivity contribution in [2.45, 2.75) is 226 Å². The second kappa shape index (κ2) is 34.0. The van der Waals surface area contributed by atoms with Crippen molar-refractivity contribution in [3.8, 4) is 0 Å². The Morgan fingerprint density at radius 2 is 0.674 bits per heavy atom. The summed E-state index contributed by atoms with van der Waals surface area (Å²) in [6.45, 7) is 7.92. The van der Waals surface area contributed by atoms with E-state index in [4.69, 9.17) is 0 Å². The Hall–Kier alpha value is -0.900. The lowest BCUT2D eigenvalue weighted by atomic mass is 10.0. The van der Waals surface area contributed by atoms with Gasteiger partial charge in [-0.15, -0.1) is 0 Å². The Labute approximate surface area is 271 Å². The van der Waals surface area contributed by atoms with Gasteiger partial charge in [0.15, 0.2) is 0 Å². The van der Waals surface area contributed by atoms with Crippen molar-refractivity contribution in [1.82, 2.24) is 19.7 Å². The molecule has 0 saturated heterocycles. The molecule has 0 aliphatic rings. The predicted octanol–water partition coefficient (Wildman–Crippen LogP) is 13.1. The van der Waals surface area contributed by atoms with Gasteiger partial charge in [-0.1, -0.05) is 206 Å². The molecular formula is C39H78N4. The van der Waals surface area contributed by atoms with E-state index in [1.54, 1.807) is 6.33 Å². The topological polar surface area (TPSA) is 34.0 Å². The summed E-state index contributed by atoms with van der Waals surface area (Å²) < 4.78 is 2.00. The molecule has 0 radical (unpaired) electrons. The molecule has 0 N–H and O–H groups in total. The third-order valence-electron chi connectivity index (χ3n) is 9.47. The molecule has 0 spiro atoms. The fourth-order valence-corrected chi connectivity index (χ4v) is 6.53. The molecule has 4 nitrogen and oxygen atoms in total. The van der Waals surface area contributed by atoms with Crippen molar-refractivity contribution in [2.75, 3.05) is 13.1 Å². The molecular weight excluding hydrogens is 524 g/mol. The number of aromatic nitrogens is 3. The fourth-order valence-electron chi connectivity index (χ4n) is 6.53. The summed E-state index contributed by atoms with van der Waals surface area (Å²) in [5.74, 6) is 0. The zero-order valence-electron chi connectivity index (χ0n) is 29.7. The normalized spacial score (nSPS) is 11.7. The summed E-state index contributed by atoms with van der Waals surface area (Å²) in [6.07, 6.45) is 49.4. The van der Waals surface area contributed by atoms with E-state index >= 15 is 0 Å². The quantitative estimate of drug-likeness (QED) is 0.0716. The van der Waals surface area contributed by atoms with Crippen LogP contribution in [0.3, 0.4) is 0 Å². The molecule has 0 saturated carbocycles. The van der Waals surface area contributed by atoms with Crippen molar-refractivity contribution in [2.24, 2.45) is 0 Å². The Morgan fingerprint density at radius 1 is 0.395 bits per heavy atom. The van der Waals surface area contributed by atoms with Gasteiger partial charge in [0.25, 0.3) is 0 Å². The maximum Gasteiger partial charge on any atom is 0.137 e. The third kappa shape index (κ3) is 29.6. The molecule has 1 aromatic rings. The number of hydrogen-bond acceptors (Lipinski definition) is 3. The van der Waals surface area contributed by atoms with E-state index in [-0.39, 0.29) is 0 Å². The van der Waals surface area contributed by atoms with Gasteiger partial charge in [-0.05, 0) is 25.9 Å². The van der Waals surface area contributed by atoms with E-state index in [1.165, 1.54) is 219 Å². The van der Waals surface area contributed by atoms with Crippen LogP contribution in [0.2, 0.25) is 0 Å². The smallest absolute Gasteiger partial charge is 0.137 e. The lowest BCUT2D eigenvalue weighted by Crippen LogP contribution is -2.29. The monoisotopic (exact) mass is 603 g/mol. The van der Waals surface area contributed by atoms with Crippen LogP contribution in [0.25, 0.3) is 0 Å². The van der Waals surface area contributed by atoms with E-state index in [0.717, 1.165) is 6.67 Å². The first-order valence-corrected chi connectivity index (χ1v) is 19.9. The Kier molecular flexibility index (Phi) is 31.7. The molecule has 0 atom stereocenters. The molecule has 4 heteroatoms. The largest absolute Gasteiger partial charge is 0.284 e. The standard InChI is InChI=1S/C39H78N4/c1-3-5-7-9-11-13-15-17-19-21-23-25-27-29-31-33-35-42(39-43-38-40-37-41-43)36-34-32-30-28-26-24-22-20-18-16-14-12-10-8-6-4-2/h37-38H,3-36,39H2,1-2H3. The summed E-state index contributed by atoms with van der Waals surface area (Å²) in [6, 6.07) is 0. The average molecular weight is 603 g/mol. The van der Waals surface area contributed by atoms with Crippen LogP contribution in [0.4, 0.5) is 0 Å². The van der Waals surface area contributed by atoms with Gasteiger partial charge >= 0.3 is 0 Å². The molecule has 0 unspecified atom stereocenters. The highest BCUT2D eigenvalue weighted by Gasteiger charge is 2.06. The van der Waals surface area contributed by atoms with Gasteiger partial charge in [-0.25, -0.2) is 9.67 Å². The van der Waals surface area contributed by atoms with Gasteiger partial charge in [0.05, 0.1) is 6.67 Å². The molecule has 0 bridgehead atoms. The molecule has 1 aromatic heterocycles. The van der Waals surface area contributed by atoms with Crippen LogP contribution in [-0.2, 0) is 6.67 Å². The zero-order valence-corrected chi connectivity index (χ0v) is 29.7. The highest BCUT2D eigenvalue weighted by molar-refractivity contribution is 4.61. The van der Waals surface area contributed by atoms with E-state index in [0.29, 0.717) is 0 Å². The van der Waals surface area contributed by atoms with Gasteiger partial charge in [0, 0.05) is 0 Å². The maximum atomic E-state index is 4.37. The predicted molar refractivity (Wildman–Crippen MR) is 191 cm³/mol. The second-order valence-corrected chi connectivity index (χ2v) is 13.8. The summed E-state index contributed by atoms with van der Waals surface area (Å²) in [5.41, 5.74) is 0. The SMILES string of the molecule is CCCCCCCCCCCCCCCCCCN(CCCCCCCCCCCCCCCCCC)Cn1cncn1. The summed E-state index contributed by atoms with van der Waals surface area (Å²) in [7, 11) is 0. The molecule has 0 fully saturated rings. The van der Waals surface area contributed by atoms with Crippen LogP contribution in [0.5, 0.6) is 0 Å². The first kappa shape index (κ1) is 40.1. The third-order valence-corrected chi connectivity index (χ3v) is 9.47. The van der Waals surface area contributed by atoms with E-state index in [1.807, 2.05) is 11.0 Å². The van der Waals surface area contributed by atoms with Crippen molar-refractivity contribution in [3.05, 3.63) is 12.7 Å². The van der Waals surface area contributed by atoms with E-state index < -0.39 is 0 Å². The fraction of sp³-hybridized carbons (Fsp3) is 0.949. The molecule has 254 valence electrons. The highest BCUT2D eigenvalue weighted by atomic mass is 15.4. The lowest BCUT2D eigenvalue weighted by molar-refractivity contribution is 0.198. The van der Waals surface area contributed by atoms with E-state index in [9.17, 15) is 0 Å². The van der Waals surface area contributed by atoms with Crippen molar-refractivity contribution < 1.29 is 0 Å². The van der Waals surface area contributed by atoms with Gasteiger partial charge in [0.2, 0.25) is 0 Å². The summed E-state index contributed by atoms with van der Waals surface area (Å²) >= 11 is 0. The Balaban J connectivity index is 1.93. The minimum absolute atomic E-state index is 0.900. The average Bonchev–Trinajstić information content (AvgIpc) is 3.53. The Morgan fingerprint density at radius 3 is 0.930 bits per heavy atom. The van der Waals surface area contributed by atoms with Gasteiger partial charge in [0.1, 0.15) is 12.7 Å². The first-order valence-electron chi connectivity index (χ1n) is 19.9. The number of rotatable bonds is 36. The van der Waals surface area contributed by atoms with Crippen LogP contribution in [0.15, 0.2) is 12.7 Å². The molecule has 0 aliphatic heterocycles. The maximum absolute atomic E-state index is 4.37. The van der Waals surface area contributed by atoms with Gasteiger partial charge in [-0.2, -0.15) is 5.10 Å². The van der Waals surface area contributed by atoms with Crippen LogP contribution in [0.1, 0.15) is 219 Å². The number of nitrogens with zero attached hydrogens (tertiary/aromatic N) is 4. The molecule has 1 heterocycles. The van der Waals surface area contributed by atoms with Crippen LogP contribution in [0, 0.1) is 0 Å². The Bertz CT molecular complexity index is 581. The molecule has 0 amide bonds. The highest BCUT2D eigenvalue weighted by Crippen LogP contribution is 2.16. The summed E-state index contributed by atoms with van der Waals surface area (Å²) in [5, 5.41) is 4.37. The zero-order chi connectivity index (χ0) is 30.7. The van der Waals surface area contributed by atoms with Crippen molar-refractivity contribution >= 4 is 0 Å². The first-order chi connectivity index (χ1) is 21.4. The molecule has 43 heavy (non-hydrogen) atoms. The van der Waals surface area contributed by atoms with Crippen molar-refractivity contribution in [3.63, 3.8) is 0 Å². The minimum atomic E-state index is 0.900. The molecule has 0 aromatic carbocycles. The lowest BCUT2D eigenvalue weighted by Gasteiger charge is -2.22. The van der Waals surface area contributed by atoms with Gasteiger partial charge < -0.3 is 0 Å². The van der Waals surface area contributed by atoms with Crippen LogP contribution in [-0.4, -0.2) is 32.8 Å². The van der Waals surface area contributed by atoms with Crippen molar-refractivity contribution in [1.29, 1.82) is 0 Å². The van der Waals surface area contributed by atoms with Crippen LogP contribution >= 0.6 is 0 Å².